The quantitative estimate of drug-likeness (QED) is 0.541. The highest BCUT2D eigenvalue weighted by Gasteiger charge is 2.27. The van der Waals surface area contributed by atoms with Crippen molar-refractivity contribution in [3.05, 3.63) is 0 Å². The van der Waals surface area contributed by atoms with Crippen LogP contribution in [-0.2, 0) is 4.79 Å². The van der Waals surface area contributed by atoms with Gasteiger partial charge in [0.05, 0.1) is 0 Å². The summed E-state index contributed by atoms with van der Waals surface area (Å²) in [5.74, 6) is 1.67. The zero-order valence-corrected chi connectivity index (χ0v) is 16.4. The van der Waals surface area contributed by atoms with E-state index in [1.54, 1.807) is 19.0 Å². The van der Waals surface area contributed by atoms with Crippen molar-refractivity contribution in [2.45, 2.75) is 57.9 Å². The van der Waals surface area contributed by atoms with Crippen molar-refractivity contribution in [3.8, 4) is 0 Å². The molecule has 1 amide bonds. The average molecular weight is 352 g/mol. The molecule has 0 spiro atoms. The van der Waals surface area contributed by atoms with Gasteiger partial charge in [0.15, 0.2) is 5.96 Å². The van der Waals surface area contributed by atoms with Gasteiger partial charge in [-0.25, -0.2) is 4.99 Å². The van der Waals surface area contributed by atoms with E-state index in [9.17, 15) is 4.79 Å². The van der Waals surface area contributed by atoms with Gasteiger partial charge in [-0.2, -0.15) is 0 Å². The third-order valence-corrected chi connectivity index (χ3v) is 5.44. The topological polar surface area (TPSA) is 60.0 Å². The highest BCUT2D eigenvalue weighted by Crippen LogP contribution is 2.27. The van der Waals surface area contributed by atoms with Gasteiger partial charge in [0.2, 0.25) is 5.91 Å². The summed E-state index contributed by atoms with van der Waals surface area (Å²) >= 11 is 0. The number of amides is 1. The molecule has 2 fully saturated rings. The van der Waals surface area contributed by atoms with Gasteiger partial charge in [-0.3, -0.25) is 9.69 Å². The maximum absolute atomic E-state index is 11.7. The van der Waals surface area contributed by atoms with Crippen LogP contribution in [0, 0.1) is 5.92 Å². The molecule has 2 aliphatic rings. The number of hydrogen-bond donors (Lipinski definition) is 2. The van der Waals surface area contributed by atoms with Crippen LogP contribution in [0.15, 0.2) is 4.99 Å². The van der Waals surface area contributed by atoms with Crippen molar-refractivity contribution in [1.29, 1.82) is 0 Å². The highest BCUT2D eigenvalue weighted by molar-refractivity contribution is 5.84. The molecule has 0 radical (unpaired) electrons. The lowest BCUT2D eigenvalue weighted by Crippen LogP contribution is -2.46. The lowest BCUT2D eigenvalue weighted by molar-refractivity contribution is -0.127. The number of guanidine groups is 1. The molecule has 0 aromatic heterocycles. The SMILES string of the molecule is CCNC(=NCC(=O)N(C)C)NCC1CCCN1CC1CCCCC1. The van der Waals surface area contributed by atoms with E-state index in [0.717, 1.165) is 25.0 Å². The van der Waals surface area contributed by atoms with Gasteiger partial charge in [0, 0.05) is 39.8 Å². The van der Waals surface area contributed by atoms with Gasteiger partial charge in [-0.15, -0.1) is 0 Å². The Morgan fingerprint density at radius 1 is 1.12 bits per heavy atom. The lowest BCUT2D eigenvalue weighted by Gasteiger charge is -2.31. The van der Waals surface area contributed by atoms with E-state index in [1.165, 1.54) is 58.0 Å². The van der Waals surface area contributed by atoms with Crippen LogP contribution in [0.3, 0.4) is 0 Å². The second-order valence-corrected chi connectivity index (χ2v) is 7.66. The molecule has 0 aromatic rings. The van der Waals surface area contributed by atoms with E-state index in [1.807, 2.05) is 0 Å². The first-order valence-corrected chi connectivity index (χ1v) is 10.1. The minimum Gasteiger partial charge on any atom is -0.357 e. The first-order valence-electron chi connectivity index (χ1n) is 10.1. The molecule has 1 saturated heterocycles. The Hall–Kier alpha value is -1.30. The maximum Gasteiger partial charge on any atom is 0.243 e. The number of likely N-dealkylation sites (tertiary alicyclic amines) is 1. The third-order valence-electron chi connectivity index (χ3n) is 5.44. The van der Waals surface area contributed by atoms with E-state index >= 15 is 0 Å². The van der Waals surface area contributed by atoms with Crippen LogP contribution in [-0.4, -0.2) is 74.5 Å². The summed E-state index contributed by atoms with van der Waals surface area (Å²) in [5, 5.41) is 6.70. The predicted molar refractivity (Wildman–Crippen MR) is 104 cm³/mol. The molecule has 1 aliphatic heterocycles. The number of carbonyl (C=O) groups excluding carboxylic acids is 1. The molecular formula is C19H37N5O. The van der Waals surface area contributed by atoms with Crippen molar-refractivity contribution in [3.63, 3.8) is 0 Å². The molecule has 1 unspecified atom stereocenters. The second-order valence-electron chi connectivity index (χ2n) is 7.66. The van der Waals surface area contributed by atoms with Gasteiger partial charge >= 0.3 is 0 Å². The van der Waals surface area contributed by atoms with E-state index < -0.39 is 0 Å². The normalized spacial score (nSPS) is 22.8. The summed E-state index contributed by atoms with van der Waals surface area (Å²) in [4.78, 5) is 20.4. The lowest BCUT2D eigenvalue weighted by atomic mass is 9.89. The Bertz CT molecular complexity index is 432. The first kappa shape index (κ1) is 20.0. The van der Waals surface area contributed by atoms with Crippen LogP contribution < -0.4 is 10.6 Å². The number of carbonyl (C=O) groups is 1. The van der Waals surface area contributed by atoms with E-state index in [4.69, 9.17) is 0 Å². The summed E-state index contributed by atoms with van der Waals surface area (Å²) in [5.41, 5.74) is 0. The van der Waals surface area contributed by atoms with Crippen LogP contribution in [0.1, 0.15) is 51.9 Å². The number of aliphatic imine (C=N–C) groups is 1. The summed E-state index contributed by atoms with van der Waals surface area (Å²) < 4.78 is 0. The molecule has 2 rings (SSSR count). The minimum atomic E-state index is 0.0250. The molecule has 1 aliphatic carbocycles. The van der Waals surface area contributed by atoms with E-state index in [0.29, 0.717) is 6.04 Å². The predicted octanol–water partition coefficient (Wildman–Crippen LogP) is 1.67. The first-order chi connectivity index (χ1) is 12.1. The fraction of sp³-hybridized carbons (Fsp3) is 0.895. The number of hydrogen-bond acceptors (Lipinski definition) is 3. The van der Waals surface area contributed by atoms with Gasteiger partial charge in [-0.1, -0.05) is 19.3 Å². The molecule has 1 saturated carbocycles. The fourth-order valence-corrected chi connectivity index (χ4v) is 3.91. The molecule has 0 bridgehead atoms. The van der Waals surface area contributed by atoms with Crippen LogP contribution >= 0.6 is 0 Å². The minimum absolute atomic E-state index is 0.0250. The number of likely N-dealkylation sites (N-methyl/N-ethyl adjacent to an activating group) is 1. The summed E-state index contributed by atoms with van der Waals surface area (Å²) in [7, 11) is 3.53. The van der Waals surface area contributed by atoms with Gasteiger partial charge < -0.3 is 15.5 Å². The third kappa shape index (κ3) is 6.84. The largest absolute Gasteiger partial charge is 0.357 e. The zero-order valence-electron chi connectivity index (χ0n) is 16.4. The Morgan fingerprint density at radius 3 is 2.56 bits per heavy atom. The fourth-order valence-electron chi connectivity index (χ4n) is 3.91. The van der Waals surface area contributed by atoms with Crippen LogP contribution in [0.4, 0.5) is 0 Å². The smallest absolute Gasteiger partial charge is 0.243 e. The molecule has 0 aromatic carbocycles. The van der Waals surface area contributed by atoms with E-state index in [2.05, 4.69) is 27.4 Å². The van der Waals surface area contributed by atoms with Gasteiger partial charge in [0.1, 0.15) is 6.54 Å². The molecule has 1 heterocycles. The Morgan fingerprint density at radius 2 is 1.88 bits per heavy atom. The molecule has 6 heteroatoms. The van der Waals surface area contributed by atoms with Crippen molar-refractivity contribution in [1.82, 2.24) is 20.4 Å². The standard InChI is InChI=1S/C19H37N5O/c1-4-20-19(22-14-18(25)23(2)3)21-13-17-11-8-12-24(17)15-16-9-6-5-7-10-16/h16-17H,4-15H2,1-3H3,(H2,20,21,22). The molecule has 2 N–H and O–H groups in total. The van der Waals surface area contributed by atoms with Crippen LogP contribution in [0.2, 0.25) is 0 Å². The van der Waals surface area contributed by atoms with Crippen LogP contribution in [0.5, 0.6) is 0 Å². The van der Waals surface area contributed by atoms with Crippen LogP contribution in [0.25, 0.3) is 0 Å². The van der Waals surface area contributed by atoms with Gasteiger partial charge in [-0.05, 0) is 45.1 Å². The van der Waals surface area contributed by atoms with Crippen molar-refractivity contribution in [2.24, 2.45) is 10.9 Å². The van der Waals surface area contributed by atoms with Crippen molar-refractivity contribution >= 4 is 11.9 Å². The highest BCUT2D eigenvalue weighted by atomic mass is 16.2. The number of nitrogens with one attached hydrogen (secondary N) is 2. The molecule has 1 atom stereocenters. The second kappa shape index (κ2) is 10.6. The monoisotopic (exact) mass is 351 g/mol. The molecule has 144 valence electrons. The Kier molecular flexibility index (Phi) is 8.52. The average Bonchev–Trinajstić information content (AvgIpc) is 3.05. The van der Waals surface area contributed by atoms with E-state index in [-0.39, 0.29) is 12.5 Å². The maximum atomic E-state index is 11.7. The molecule has 25 heavy (non-hydrogen) atoms. The molecular weight excluding hydrogens is 314 g/mol. The number of rotatable bonds is 7. The van der Waals surface area contributed by atoms with Gasteiger partial charge in [0.25, 0.3) is 0 Å². The van der Waals surface area contributed by atoms with Crippen molar-refractivity contribution < 1.29 is 4.79 Å². The summed E-state index contributed by atoms with van der Waals surface area (Å²) in [6.45, 7) is 6.46. The molecule has 6 nitrogen and oxygen atoms in total. The Balaban J connectivity index is 1.81. The van der Waals surface area contributed by atoms with Crippen molar-refractivity contribution in [2.75, 3.05) is 46.8 Å². The number of nitrogens with zero attached hydrogens (tertiary/aromatic N) is 3. The summed E-state index contributed by atoms with van der Waals surface area (Å²) in [6.07, 6.45) is 9.63. The Labute approximate surface area is 153 Å². The zero-order chi connectivity index (χ0) is 18.1. The summed E-state index contributed by atoms with van der Waals surface area (Å²) in [6, 6.07) is 0.593.